The topological polar surface area (TPSA) is 195 Å². The number of amides is 2. The zero-order valence-electron chi connectivity index (χ0n) is 15.8. The zero-order chi connectivity index (χ0) is 23.1. The lowest BCUT2D eigenvalue weighted by atomic mass is 10.2. The number of furan rings is 2. The van der Waals surface area contributed by atoms with Gasteiger partial charge in [-0.3, -0.25) is 29.8 Å². The van der Waals surface area contributed by atoms with Gasteiger partial charge in [0.15, 0.2) is 0 Å². The van der Waals surface area contributed by atoms with Crippen LogP contribution in [0.15, 0.2) is 67.6 Å². The zero-order valence-corrected chi connectivity index (χ0v) is 15.8. The third-order valence-electron chi connectivity index (χ3n) is 3.69. The van der Waals surface area contributed by atoms with E-state index in [1.54, 1.807) is 24.3 Å². The highest BCUT2D eigenvalue weighted by molar-refractivity contribution is 5.93. The highest BCUT2D eigenvalue weighted by Gasteiger charge is 2.17. The fourth-order valence-electron chi connectivity index (χ4n) is 2.20. The average Bonchev–Trinajstić information content (AvgIpc) is 3.45. The van der Waals surface area contributed by atoms with Crippen molar-refractivity contribution in [1.29, 1.82) is 0 Å². The largest absolute Gasteiger partial charge is 0.433 e. The fourth-order valence-corrected chi connectivity index (χ4v) is 2.20. The van der Waals surface area contributed by atoms with Gasteiger partial charge in [-0.15, -0.1) is 0 Å². The molecule has 0 saturated heterocycles. The molecule has 0 bridgehead atoms. The average molecular weight is 440 g/mol. The summed E-state index contributed by atoms with van der Waals surface area (Å²) in [5.74, 6) is -3.14. The fraction of sp³-hybridized carbons (Fsp3) is 0. The van der Waals surface area contributed by atoms with Crippen LogP contribution in [0, 0.1) is 20.2 Å². The van der Waals surface area contributed by atoms with Gasteiger partial charge in [0.25, 0.3) is 0 Å². The standard InChI is InChI=1S/C18H12N6O8/c25-17(13-5-7-15(31-13)23(27)28)21-19-9-11-1-2-12(4-3-11)10-20-22-18(26)14-6-8-16(32-14)24(29)30/h1-10H,(H,21,25)(H,22,26). The molecular weight excluding hydrogens is 428 g/mol. The van der Waals surface area contributed by atoms with Crippen molar-refractivity contribution in [2.45, 2.75) is 0 Å². The first-order valence-electron chi connectivity index (χ1n) is 8.59. The smallest absolute Gasteiger partial charge is 0.395 e. The van der Waals surface area contributed by atoms with Crippen LogP contribution in [-0.2, 0) is 0 Å². The van der Waals surface area contributed by atoms with Crippen molar-refractivity contribution in [3.8, 4) is 0 Å². The minimum atomic E-state index is -0.764. The molecule has 14 nitrogen and oxygen atoms in total. The first-order chi connectivity index (χ1) is 15.3. The number of carbonyl (C=O) groups is 2. The van der Waals surface area contributed by atoms with Crippen molar-refractivity contribution < 1.29 is 28.3 Å². The van der Waals surface area contributed by atoms with Gasteiger partial charge >= 0.3 is 23.6 Å². The summed E-state index contributed by atoms with van der Waals surface area (Å²) < 4.78 is 9.51. The van der Waals surface area contributed by atoms with Crippen LogP contribution in [0.3, 0.4) is 0 Å². The second kappa shape index (κ2) is 9.57. The maximum absolute atomic E-state index is 11.8. The molecule has 2 aromatic heterocycles. The number of hydrazone groups is 2. The summed E-state index contributed by atoms with van der Waals surface area (Å²) in [5, 5.41) is 28.6. The van der Waals surface area contributed by atoms with Crippen molar-refractivity contribution in [2.75, 3.05) is 0 Å². The highest BCUT2D eigenvalue weighted by Crippen LogP contribution is 2.16. The number of nitrogens with zero attached hydrogens (tertiary/aromatic N) is 4. The third-order valence-corrected chi connectivity index (χ3v) is 3.69. The summed E-state index contributed by atoms with van der Waals surface area (Å²) in [6, 6.07) is 11.0. The van der Waals surface area contributed by atoms with Gasteiger partial charge in [-0.05, 0) is 23.3 Å². The molecule has 3 rings (SSSR count). The number of rotatable bonds is 8. The SMILES string of the molecule is O=C(NN=Cc1ccc(C=NNC(=O)c2ccc([N+](=O)[O-])o2)cc1)c1ccc([N+](=O)[O-])o1. The molecular formula is C18H12N6O8. The van der Waals surface area contributed by atoms with E-state index in [0.717, 1.165) is 24.3 Å². The summed E-state index contributed by atoms with van der Waals surface area (Å²) in [4.78, 5) is 43.2. The number of hydrogen-bond donors (Lipinski definition) is 2. The van der Waals surface area contributed by atoms with E-state index in [9.17, 15) is 29.8 Å². The monoisotopic (exact) mass is 440 g/mol. The molecule has 0 aliphatic rings. The minimum Gasteiger partial charge on any atom is -0.395 e. The first kappa shape index (κ1) is 21.6. The molecule has 14 heteroatoms. The van der Waals surface area contributed by atoms with Crippen LogP contribution in [-0.4, -0.2) is 34.1 Å². The summed E-state index contributed by atoms with van der Waals surface area (Å²) in [6.45, 7) is 0. The van der Waals surface area contributed by atoms with Crippen molar-refractivity contribution >= 4 is 36.0 Å². The highest BCUT2D eigenvalue weighted by atomic mass is 16.7. The molecule has 2 amide bonds. The van der Waals surface area contributed by atoms with Gasteiger partial charge in [-0.2, -0.15) is 10.2 Å². The van der Waals surface area contributed by atoms with Crippen molar-refractivity contribution in [3.63, 3.8) is 0 Å². The van der Waals surface area contributed by atoms with E-state index in [1.807, 2.05) is 0 Å². The lowest BCUT2D eigenvalue weighted by molar-refractivity contribution is -0.402. The molecule has 0 aliphatic heterocycles. The Balaban J connectivity index is 1.50. The molecule has 0 fully saturated rings. The summed E-state index contributed by atoms with van der Waals surface area (Å²) >= 11 is 0. The quantitative estimate of drug-likeness (QED) is 0.302. The molecule has 0 spiro atoms. The molecule has 0 atom stereocenters. The van der Waals surface area contributed by atoms with E-state index in [1.165, 1.54) is 12.4 Å². The van der Waals surface area contributed by atoms with Crippen LogP contribution in [0.2, 0.25) is 0 Å². The van der Waals surface area contributed by atoms with E-state index in [2.05, 4.69) is 21.1 Å². The Morgan fingerprint density at radius 1 is 0.719 bits per heavy atom. The number of benzene rings is 1. The van der Waals surface area contributed by atoms with Crippen LogP contribution >= 0.6 is 0 Å². The maximum atomic E-state index is 11.8. The van der Waals surface area contributed by atoms with Crippen molar-refractivity contribution in [1.82, 2.24) is 10.9 Å². The van der Waals surface area contributed by atoms with Gasteiger partial charge in [-0.25, -0.2) is 10.9 Å². The molecule has 0 saturated carbocycles. The molecule has 2 heterocycles. The van der Waals surface area contributed by atoms with Crippen LogP contribution in [0.1, 0.15) is 32.2 Å². The van der Waals surface area contributed by atoms with E-state index >= 15 is 0 Å². The minimum absolute atomic E-state index is 0.258. The van der Waals surface area contributed by atoms with E-state index in [0.29, 0.717) is 11.1 Å². The predicted molar refractivity (Wildman–Crippen MR) is 107 cm³/mol. The lowest BCUT2D eigenvalue weighted by Gasteiger charge is -1.98. The van der Waals surface area contributed by atoms with Crippen LogP contribution in [0.5, 0.6) is 0 Å². The van der Waals surface area contributed by atoms with Crippen LogP contribution in [0.25, 0.3) is 0 Å². The van der Waals surface area contributed by atoms with Crippen LogP contribution < -0.4 is 10.9 Å². The Hall–Kier alpha value is -5.14. The van der Waals surface area contributed by atoms with Crippen molar-refractivity contribution in [3.05, 3.63) is 91.4 Å². The molecule has 3 aromatic rings. The van der Waals surface area contributed by atoms with E-state index < -0.39 is 33.4 Å². The third kappa shape index (κ3) is 5.47. The number of nitro groups is 2. The maximum Gasteiger partial charge on any atom is 0.433 e. The van der Waals surface area contributed by atoms with Crippen molar-refractivity contribution in [2.24, 2.45) is 10.2 Å². The molecule has 2 N–H and O–H groups in total. The van der Waals surface area contributed by atoms with Gasteiger partial charge in [0.05, 0.1) is 24.6 Å². The second-order valence-electron chi connectivity index (χ2n) is 5.85. The summed E-state index contributed by atoms with van der Waals surface area (Å²) in [5.41, 5.74) is 5.57. The number of hydrogen-bond acceptors (Lipinski definition) is 10. The molecule has 0 radical (unpaired) electrons. The normalized spacial score (nSPS) is 11.0. The van der Waals surface area contributed by atoms with Crippen LogP contribution in [0.4, 0.5) is 11.8 Å². The molecule has 162 valence electrons. The van der Waals surface area contributed by atoms with Gasteiger partial charge in [-0.1, -0.05) is 24.3 Å². The second-order valence-corrected chi connectivity index (χ2v) is 5.85. The predicted octanol–water partition coefficient (Wildman–Crippen LogP) is 2.22. The van der Waals surface area contributed by atoms with Gasteiger partial charge in [0.1, 0.15) is 9.85 Å². The van der Waals surface area contributed by atoms with Gasteiger partial charge in [0.2, 0.25) is 11.5 Å². The Kier molecular flexibility index (Phi) is 6.45. The summed E-state index contributed by atoms with van der Waals surface area (Å²) in [7, 11) is 0. The number of carbonyl (C=O) groups excluding carboxylic acids is 2. The van der Waals surface area contributed by atoms with E-state index in [4.69, 9.17) is 8.83 Å². The van der Waals surface area contributed by atoms with Gasteiger partial charge in [0, 0.05) is 0 Å². The molecule has 1 aromatic carbocycles. The number of nitrogens with one attached hydrogen (secondary N) is 2. The Bertz CT molecular complexity index is 1130. The van der Waals surface area contributed by atoms with E-state index in [-0.39, 0.29) is 11.5 Å². The molecule has 0 aliphatic carbocycles. The molecule has 0 unspecified atom stereocenters. The lowest BCUT2D eigenvalue weighted by Crippen LogP contribution is -2.17. The first-order valence-corrected chi connectivity index (χ1v) is 8.59. The Morgan fingerprint density at radius 3 is 1.41 bits per heavy atom. The van der Waals surface area contributed by atoms with Gasteiger partial charge < -0.3 is 8.83 Å². The molecule has 32 heavy (non-hydrogen) atoms. The Labute approximate surface area is 177 Å². The Morgan fingerprint density at radius 2 is 1.09 bits per heavy atom. The summed E-state index contributed by atoms with van der Waals surface area (Å²) in [6.07, 6.45) is 2.67.